The summed E-state index contributed by atoms with van der Waals surface area (Å²) in [6, 6.07) is 0.668. The average Bonchev–Trinajstić information content (AvgIpc) is 2.43. The van der Waals surface area contributed by atoms with Crippen molar-refractivity contribution in [2.75, 3.05) is 14.2 Å². The highest BCUT2D eigenvalue weighted by Crippen LogP contribution is 2.25. The maximum Gasteiger partial charge on any atom is 0.263 e. The predicted octanol–water partition coefficient (Wildman–Crippen LogP) is 3.09. The van der Waals surface area contributed by atoms with Gasteiger partial charge in [0.2, 0.25) is 5.87 Å². The normalized spacial score (nSPS) is 27.0. The van der Waals surface area contributed by atoms with Crippen LogP contribution in [-0.4, -0.2) is 33.3 Å². The minimum Gasteiger partial charge on any atom is -0.477 e. The number of carbonyl (C=O) groups excluding carboxylic acids is 1. The first-order chi connectivity index (χ1) is 8.76. The van der Waals surface area contributed by atoms with E-state index in [2.05, 4.69) is 12.4 Å². The lowest BCUT2D eigenvalue weighted by Crippen LogP contribution is -2.25. The van der Waals surface area contributed by atoms with Gasteiger partial charge in [0.15, 0.2) is 0 Å². The first-order valence-electron chi connectivity index (χ1n) is 7.50. The number of carbonyl (C=O) groups is 1. The standard InChI is InChI=1S/C14H28BNO2/c1-16-13-10-6-4-3-5-8-12(9-7-11-13)15-14(17)18-2/h12-13,15-16H,3-11H2,1-2H3. The molecule has 0 radical (unpaired) electrons. The Bertz CT molecular complexity index is 236. The molecular formula is C14H28BNO2. The minimum atomic E-state index is -0.0416. The number of nitrogens with one attached hydrogen (secondary N) is 1. The van der Waals surface area contributed by atoms with Gasteiger partial charge < -0.3 is 10.1 Å². The molecule has 0 aliphatic heterocycles. The van der Waals surface area contributed by atoms with Crippen LogP contribution in [0.1, 0.15) is 57.8 Å². The van der Waals surface area contributed by atoms with Crippen molar-refractivity contribution >= 4 is 13.1 Å². The van der Waals surface area contributed by atoms with Gasteiger partial charge in [-0.05, 0) is 19.9 Å². The van der Waals surface area contributed by atoms with E-state index < -0.39 is 0 Å². The molecule has 1 aliphatic rings. The molecule has 1 rings (SSSR count). The van der Waals surface area contributed by atoms with Crippen molar-refractivity contribution in [3.8, 4) is 0 Å². The number of hydrogen-bond donors (Lipinski definition) is 1. The highest BCUT2D eigenvalue weighted by atomic mass is 16.5. The van der Waals surface area contributed by atoms with Gasteiger partial charge in [-0.25, -0.2) is 0 Å². The molecule has 0 spiro atoms. The van der Waals surface area contributed by atoms with Gasteiger partial charge in [0.1, 0.15) is 0 Å². The predicted molar refractivity (Wildman–Crippen MR) is 77.7 cm³/mol. The van der Waals surface area contributed by atoms with Gasteiger partial charge in [-0.3, -0.25) is 4.79 Å². The van der Waals surface area contributed by atoms with Crippen LogP contribution < -0.4 is 5.32 Å². The van der Waals surface area contributed by atoms with E-state index in [-0.39, 0.29) is 5.87 Å². The Kier molecular flexibility index (Phi) is 8.15. The molecule has 0 amide bonds. The monoisotopic (exact) mass is 253 g/mol. The molecular weight excluding hydrogens is 225 g/mol. The van der Waals surface area contributed by atoms with Crippen molar-refractivity contribution in [2.45, 2.75) is 69.6 Å². The molecule has 2 atom stereocenters. The van der Waals surface area contributed by atoms with Crippen molar-refractivity contribution in [1.82, 2.24) is 5.32 Å². The lowest BCUT2D eigenvalue weighted by molar-refractivity contribution is 0.197. The van der Waals surface area contributed by atoms with E-state index >= 15 is 0 Å². The Morgan fingerprint density at radius 2 is 1.67 bits per heavy atom. The Morgan fingerprint density at radius 3 is 2.33 bits per heavy atom. The van der Waals surface area contributed by atoms with Crippen molar-refractivity contribution in [1.29, 1.82) is 0 Å². The molecule has 1 N–H and O–H groups in total. The molecule has 1 saturated carbocycles. The van der Waals surface area contributed by atoms with Crippen LogP contribution in [0.5, 0.6) is 0 Å². The fourth-order valence-corrected chi connectivity index (χ4v) is 2.93. The maximum absolute atomic E-state index is 11.4. The van der Waals surface area contributed by atoms with E-state index in [1.807, 2.05) is 0 Å². The van der Waals surface area contributed by atoms with Gasteiger partial charge in [0.25, 0.3) is 7.28 Å². The Morgan fingerprint density at radius 1 is 1.06 bits per heavy atom. The zero-order valence-electron chi connectivity index (χ0n) is 12.0. The molecule has 0 bridgehead atoms. The largest absolute Gasteiger partial charge is 0.477 e. The molecule has 2 unspecified atom stereocenters. The number of rotatable bonds is 3. The molecule has 1 fully saturated rings. The fourth-order valence-electron chi connectivity index (χ4n) is 2.93. The van der Waals surface area contributed by atoms with E-state index in [4.69, 9.17) is 4.74 Å². The molecule has 0 aromatic carbocycles. The summed E-state index contributed by atoms with van der Waals surface area (Å²) < 4.78 is 4.80. The second-order valence-corrected chi connectivity index (χ2v) is 5.55. The third-order valence-corrected chi connectivity index (χ3v) is 4.17. The Hall–Kier alpha value is -0.505. The SMILES string of the molecule is CNC1CCCCCCC(BC(=O)OC)CCC1. The summed E-state index contributed by atoms with van der Waals surface area (Å²) in [6.07, 6.45) is 11.4. The van der Waals surface area contributed by atoms with Crippen molar-refractivity contribution in [2.24, 2.45) is 0 Å². The lowest BCUT2D eigenvalue weighted by Gasteiger charge is -2.17. The summed E-state index contributed by atoms with van der Waals surface area (Å²) in [4.78, 5) is 11.4. The molecule has 3 nitrogen and oxygen atoms in total. The Balaban J connectivity index is 2.40. The number of hydrogen-bond acceptors (Lipinski definition) is 3. The van der Waals surface area contributed by atoms with Gasteiger partial charge in [0, 0.05) is 6.04 Å². The van der Waals surface area contributed by atoms with E-state index in [1.165, 1.54) is 64.9 Å². The quantitative estimate of drug-likeness (QED) is 0.785. The lowest BCUT2D eigenvalue weighted by atomic mass is 9.60. The number of ether oxygens (including phenoxy) is 1. The highest BCUT2D eigenvalue weighted by molar-refractivity contribution is 6.73. The fraction of sp³-hybridized carbons (Fsp3) is 0.929. The van der Waals surface area contributed by atoms with Gasteiger partial charge in [-0.2, -0.15) is 0 Å². The zero-order chi connectivity index (χ0) is 13.2. The highest BCUT2D eigenvalue weighted by Gasteiger charge is 2.18. The summed E-state index contributed by atoms with van der Waals surface area (Å²) in [5.74, 6) is 0.494. The maximum atomic E-state index is 11.4. The molecule has 18 heavy (non-hydrogen) atoms. The zero-order valence-corrected chi connectivity index (χ0v) is 12.0. The van der Waals surface area contributed by atoms with Crippen molar-refractivity contribution in [3.05, 3.63) is 0 Å². The second kappa shape index (κ2) is 9.43. The summed E-state index contributed by atoms with van der Waals surface area (Å²) in [5.41, 5.74) is 0. The summed E-state index contributed by atoms with van der Waals surface area (Å²) in [7, 11) is 4.17. The van der Waals surface area contributed by atoms with Gasteiger partial charge >= 0.3 is 0 Å². The third kappa shape index (κ3) is 6.43. The smallest absolute Gasteiger partial charge is 0.263 e. The number of methoxy groups -OCH3 is 1. The summed E-state index contributed by atoms with van der Waals surface area (Å²) >= 11 is 0. The Labute approximate surface area is 112 Å². The third-order valence-electron chi connectivity index (χ3n) is 4.17. The van der Waals surface area contributed by atoms with E-state index in [9.17, 15) is 4.79 Å². The first-order valence-corrected chi connectivity index (χ1v) is 7.50. The van der Waals surface area contributed by atoms with Crippen molar-refractivity contribution < 1.29 is 9.53 Å². The van der Waals surface area contributed by atoms with E-state index in [0.717, 1.165) is 0 Å². The van der Waals surface area contributed by atoms with Crippen LogP contribution >= 0.6 is 0 Å². The van der Waals surface area contributed by atoms with E-state index in [0.29, 0.717) is 19.1 Å². The van der Waals surface area contributed by atoms with Crippen LogP contribution in [0.2, 0.25) is 5.82 Å². The molecule has 0 saturated heterocycles. The van der Waals surface area contributed by atoms with Crippen LogP contribution in [0.15, 0.2) is 0 Å². The molecule has 4 heteroatoms. The van der Waals surface area contributed by atoms with Gasteiger partial charge in [-0.15, -0.1) is 0 Å². The van der Waals surface area contributed by atoms with E-state index in [1.54, 1.807) is 0 Å². The molecule has 0 aromatic heterocycles. The first kappa shape index (κ1) is 15.6. The average molecular weight is 253 g/mol. The molecule has 0 aromatic rings. The summed E-state index contributed by atoms with van der Waals surface area (Å²) in [6.45, 7) is 0. The summed E-state index contributed by atoms with van der Waals surface area (Å²) in [5, 5.41) is 3.42. The topological polar surface area (TPSA) is 38.3 Å². The van der Waals surface area contributed by atoms with Crippen molar-refractivity contribution in [3.63, 3.8) is 0 Å². The van der Waals surface area contributed by atoms with Crippen LogP contribution in [0.3, 0.4) is 0 Å². The van der Waals surface area contributed by atoms with Gasteiger partial charge in [-0.1, -0.05) is 50.8 Å². The second-order valence-electron chi connectivity index (χ2n) is 5.55. The van der Waals surface area contributed by atoms with Crippen LogP contribution in [0.4, 0.5) is 4.79 Å². The van der Waals surface area contributed by atoms with Gasteiger partial charge in [0.05, 0.1) is 7.11 Å². The van der Waals surface area contributed by atoms with Crippen LogP contribution in [0.25, 0.3) is 0 Å². The minimum absolute atomic E-state index is 0.0416. The molecule has 1 aliphatic carbocycles. The molecule has 0 heterocycles. The van der Waals surface area contributed by atoms with Crippen LogP contribution in [-0.2, 0) is 4.74 Å². The van der Waals surface area contributed by atoms with Crippen LogP contribution in [0, 0.1) is 0 Å². The molecule has 104 valence electrons.